The molecule has 1 aromatic carbocycles. The lowest BCUT2D eigenvalue weighted by atomic mass is 10.2. The van der Waals surface area contributed by atoms with E-state index in [-0.39, 0.29) is 5.69 Å². The van der Waals surface area contributed by atoms with Gasteiger partial charge in [-0.1, -0.05) is 18.5 Å². The lowest BCUT2D eigenvalue weighted by Crippen LogP contribution is -2.13. The van der Waals surface area contributed by atoms with Crippen LogP contribution in [-0.4, -0.2) is 11.0 Å². The Morgan fingerprint density at radius 1 is 1.60 bits per heavy atom. The van der Waals surface area contributed by atoms with Crippen molar-refractivity contribution in [3.8, 4) is 0 Å². The molecule has 0 saturated carbocycles. The average Bonchev–Trinajstić information content (AvgIpc) is 2.20. The summed E-state index contributed by atoms with van der Waals surface area (Å²) in [7, 11) is 0. The molecule has 0 radical (unpaired) electrons. The van der Waals surface area contributed by atoms with E-state index < -0.39 is 4.92 Å². The highest BCUT2D eigenvalue weighted by atomic mass is 35.5. The molecule has 0 bridgehead atoms. The number of benzene rings is 1. The summed E-state index contributed by atoms with van der Waals surface area (Å²) in [6.45, 7) is 4.08. The molecule has 82 valence electrons. The van der Waals surface area contributed by atoms with Crippen LogP contribution in [0.2, 0.25) is 5.02 Å². The number of hydrogen-bond donors (Lipinski definition) is 1. The van der Waals surface area contributed by atoms with Crippen LogP contribution in [0.1, 0.15) is 20.3 Å². The number of hydrogen-bond acceptors (Lipinski definition) is 3. The molecule has 0 spiro atoms. The van der Waals surface area contributed by atoms with E-state index in [9.17, 15) is 10.1 Å². The Balaban J connectivity index is 2.88. The van der Waals surface area contributed by atoms with E-state index in [2.05, 4.69) is 12.2 Å². The maximum Gasteiger partial charge on any atom is 0.271 e. The molecule has 0 amide bonds. The Bertz CT molecular complexity index is 368. The van der Waals surface area contributed by atoms with Crippen molar-refractivity contribution in [1.29, 1.82) is 0 Å². The van der Waals surface area contributed by atoms with E-state index in [0.29, 0.717) is 11.1 Å². The number of nitro benzene ring substituents is 1. The molecule has 0 aliphatic heterocycles. The molecule has 1 aromatic rings. The van der Waals surface area contributed by atoms with Gasteiger partial charge in [0.05, 0.1) is 15.6 Å². The second kappa shape index (κ2) is 4.98. The molecule has 0 heterocycles. The highest BCUT2D eigenvalue weighted by Gasteiger charge is 2.10. The van der Waals surface area contributed by atoms with Crippen LogP contribution in [0.4, 0.5) is 11.4 Å². The third kappa shape index (κ3) is 3.09. The van der Waals surface area contributed by atoms with Gasteiger partial charge in [-0.15, -0.1) is 0 Å². The molecule has 1 atom stereocenters. The van der Waals surface area contributed by atoms with Gasteiger partial charge in [0.2, 0.25) is 0 Å². The summed E-state index contributed by atoms with van der Waals surface area (Å²) in [6.07, 6.45) is 0.966. The zero-order valence-corrected chi connectivity index (χ0v) is 9.41. The predicted molar refractivity (Wildman–Crippen MR) is 61.5 cm³/mol. The molecule has 0 aliphatic rings. The van der Waals surface area contributed by atoms with Gasteiger partial charge in [-0.3, -0.25) is 10.1 Å². The first-order valence-electron chi connectivity index (χ1n) is 4.75. The molecule has 4 nitrogen and oxygen atoms in total. The van der Waals surface area contributed by atoms with Gasteiger partial charge in [0.1, 0.15) is 0 Å². The van der Waals surface area contributed by atoms with Gasteiger partial charge in [-0.2, -0.15) is 0 Å². The number of nitrogens with one attached hydrogen (secondary N) is 1. The van der Waals surface area contributed by atoms with Gasteiger partial charge in [-0.25, -0.2) is 0 Å². The molecular weight excluding hydrogens is 216 g/mol. The molecule has 0 aliphatic carbocycles. The van der Waals surface area contributed by atoms with Gasteiger partial charge in [0.25, 0.3) is 5.69 Å². The number of anilines is 1. The topological polar surface area (TPSA) is 55.2 Å². The smallest absolute Gasteiger partial charge is 0.271 e. The van der Waals surface area contributed by atoms with Crippen molar-refractivity contribution in [3.05, 3.63) is 33.3 Å². The maximum absolute atomic E-state index is 10.5. The molecular formula is C10H13ClN2O2. The van der Waals surface area contributed by atoms with Gasteiger partial charge in [0.15, 0.2) is 0 Å². The Morgan fingerprint density at radius 2 is 2.27 bits per heavy atom. The number of rotatable bonds is 4. The zero-order valence-electron chi connectivity index (χ0n) is 8.66. The third-order valence-electron chi connectivity index (χ3n) is 2.18. The number of non-ortho nitro benzene ring substituents is 1. The molecule has 5 heteroatoms. The SMILES string of the molecule is CC[C@H](C)Nc1ccc([N+](=O)[O-])cc1Cl. The molecule has 0 saturated heterocycles. The largest absolute Gasteiger partial charge is 0.381 e. The lowest BCUT2D eigenvalue weighted by Gasteiger charge is -2.13. The molecule has 1 N–H and O–H groups in total. The quantitative estimate of drug-likeness (QED) is 0.634. The van der Waals surface area contributed by atoms with E-state index in [1.54, 1.807) is 6.07 Å². The molecule has 0 unspecified atom stereocenters. The zero-order chi connectivity index (χ0) is 11.4. The van der Waals surface area contributed by atoms with Gasteiger partial charge in [0, 0.05) is 18.2 Å². The van der Waals surface area contributed by atoms with E-state index in [1.807, 2.05) is 6.92 Å². The second-order valence-electron chi connectivity index (χ2n) is 3.37. The van der Waals surface area contributed by atoms with Crippen molar-refractivity contribution in [3.63, 3.8) is 0 Å². The van der Waals surface area contributed by atoms with E-state index in [0.717, 1.165) is 12.1 Å². The van der Waals surface area contributed by atoms with Crippen molar-refractivity contribution >= 4 is 23.0 Å². The maximum atomic E-state index is 10.5. The fourth-order valence-electron chi connectivity index (χ4n) is 1.10. The Kier molecular flexibility index (Phi) is 3.91. The monoisotopic (exact) mass is 228 g/mol. The highest BCUT2D eigenvalue weighted by Crippen LogP contribution is 2.27. The van der Waals surface area contributed by atoms with Crippen LogP contribution in [0.25, 0.3) is 0 Å². The number of nitrogens with zero attached hydrogens (tertiary/aromatic N) is 1. The second-order valence-corrected chi connectivity index (χ2v) is 3.78. The van der Waals surface area contributed by atoms with E-state index in [1.165, 1.54) is 12.1 Å². The summed E-state index contributed by atoms with van der Waals surface area (Å²) in [6, 6.07) is 4.72. The van der Waals surface area contributed by atoms with Crippen molar-refractivity contribution in [2.24, 2.45) is 0 Å². The summed E-state index contributed by atoms with van der Waals surface area (Å²) in [5.41, 5.74) is 0.742. The van der Waals surface area contributed by atoms with E-state index in [4.69, 9.17) is 11.6 Å². The van der Waals surface area contributed by atoms with Crippen LogP contribution in [0, 0.1) is 10.1 Å². The summed E-state index contributed by atoms with van der Waals surface area (Å²) >= 11 is 5.91. The first kappa shape index (κ1) is 11.8. The van der Waals surface area contributed by atoms with Crippen LogP contribution in [-0.2, 0) is 0 Å². The van der Waals surface area contributed by atoms with Gasteiger partial charge >= 0.3 is 0 Å². The standard InChI is InChI=1S/C10H13ClN2O2/c1-3-7(2)12-10-5-4-8(13(14)15)6-9(10)11/h4-7,12H,3H2,1-2H3/t7-/m0/s1. The fourth-order valence-corrected chi connectivity index (χ4v) is 1.33. The average molecular weight is 229 g/mol. The molecule has 1 rings (SSSR count). The Hall–Kier alpha value is -1.29. The van der Waals surface area contributed by atoms with Crippen molar-refractivity contribution in [2.75, 3.05) is 5.32 Å². The first-order chi connectivity index (χ1) is 7.04. The first-order valence-corrected chi connectivity index (χ1v) is 5.13. The van der Waals surface area contributed by atoms with Crippen LogP contribution >= 0.6 is 11.6 Å². The molecule has 0 fully saturated rings. The van der Waals surface area contributed by atoms with Crippen molar-refractivity contribution < 1.29 is 4.92 Å². The fraction of sp³-hybridized carbons (Fsp3) is 0.400. The summed E-state index contributed by atoms with van der Waals surface area (Å²) < 4.78 is 0. The summed E-state index contributed by atoms with van der Waals surface area (Å²) in [5.74, 6) is 0. The van der Waals surface area contributed by atoms with Crippen molar-refractivity contribution in [2.45, 2.75) is 26.3 Å². The Morgan fingerprint density at radius 3 is 2.73 bits per heavy atom. The minimum atomic E-state index is -0.459. The summed E-state index contributed by atoms with van der Waals surface area (Å²) in [5, 5.41) is 14.0. The van der Waals surface area contributed by atoms with Crippen LogP contribution in [0.5, 0.6) is 0 Å². The minimum absolute atomic E-state index is 0.00898. The lowest BCUT2D eigenvalue weighted by molar-refractivity contribution is -0.384. The molecule has 15 heavy (non-hydrogen) atoms. The summed E-state index contributed by atoms with van der Waals surface area (Å²) in [4.78, 5) is 10.0. The molecule has 0 aromatic heterocycles. The van der Waals surface area contributed by atoms with Crippen molar-refractivity contribution in [1.82, 2.24) is 0 Å². The number of nitro groups is 1. The minimum Gasteiger partial charge on any atom is -0.381 e. The Labute approximate surface area is 93.4 Å². The highest BCUT2D eigenvalue weighted by molar-refractivity contribution is 6.33. The van der Waals surface area contributed by atoms with Crippen LogP contribution < -0.4 is 5.32 Å². The van der Waals surface area contributed by atoms with Crippen LogP contribution in [0.15, 0.2) is 18.2 Å². The predicted octanol–water partition coefficient (Wildman–Crippen LogP) is 3.46. The third-order valence-corrected chi connectivity index (χ3v) is 2.49. The van der Waals surface area contributed by atoms with Gasteiger partial charge < -0.3 is 5.32 Å². The van der Waals surface area contributed by atoms with Gasteiger partial charge in [-0.05, 0) is 19.4 Å². The normalized spacial score (nSPS) is 12.2. The van der Waals surface area contributed by atoms with Crippen LogP contribution in [0.3, 0.4) is 0 Å². The number of halogens is 1. The van der Waals surface area contributed by atoms with E-state index >= 15 is 0 Å².